The average molecular weight is 503 g/mol. The Kier molecular flexibility index (Phi) is 6.37. The van der Waals surface area contributed by atoms with Crippen LogP contribution in [0.25, 0.3) is 0 Å². The largest absolute Gasteiger partial charge is 0.463 e. The number of hydrogen-bond donors (Lipinski definition) is 1. The Morgan fingerprint density at radius 2 is 1.75 bits per heavy atom. The summed E-state index contributed by atoms with van der Waals surface area (Å²) in [6, 6.07) is 0. The number of allylic oxidation sites excluding steroid dienone is 3. The molecular weight excluding hydrogens is 468 g/mol. The molecule has 5 aliphatic rings. The van der Waals surface area contributed by atoms with Gasteiger partial charge < -0.3 is 28.8 Å². The van der Waals surface area contributed by atoms with Crippen LogP contribution in [0.15, 0.2) is 36.0 Å². The zero-order chi connectivity index (χ0) is 25.7. The molecule has 2 bridgehead atoms. The third kappa shape index (κ3) is 3.83. The van der Waals surface area contributed by atoms with Crippen LogP contribution in [0.4, 0.5) is 0 Å². The molecule has 0 aromatic carbocycles. The molecule has 0 radical (unpaired) electrons. The number of aliphatic hydroxyl groups excluding tert-OH is 1. The molecule has 1 N–H and O–H groups in total. The quantitative estimate of drug-likeness (QED) is 0.230. The first-order valence-corrected chi connectivity index (χ1v) is 12.7. The van der Waals surface area contributed by atoms with Gasteiger partial charge in [0.25, 0.3) is 0 Å². The van der Waals surface area contributed by atoms with Crippen molar-refractivity contribution < 1.29 is 43.2 Å². The van der Waals surface area contributed by atoms with Crippen molar-refractivity contribution in [3.63, 3.8) is 0 Å². The van der Waals surface area contributed by atoms with E-state index in [0.717, 1.165) is 6.42 Å². The fourth-order valence-corrected chi connectivity index (χ4v) is 6.65. The predicted molar refractivity (Wildman–Crippen MR) is 125 cm³/mol. The maximum atomic E-state index is 12.9. The Labute approximate surface area is 210 Å². The number of ether oxygens (including phenoxy) is 5. The van der Waals surface area contributed by atoms with Gasteiger partial charge in [-0.3, -0.25) is 0 Å². The lowest BCUT2D eigenvalue weighted by Gasteiger charge is -2.58. The van der Waals surface area contributed by atoms with Crippen molar-refractivity contribution in [1.29, 1.82) is 0 Å². The maximum Gasteiger partial charge on any atom is 0.335 e. The number of epoxide rings is 1. The molecule has 2 saturated heterocycles. The van der Waals surface area contributed by atoms with Gasteiger partial charge in [0.15, 0.2) is 6.10 Å². The highest BCUT2D eigenvalue weighted by atomic mass is 16.6. The summed E-state index contributed by atoms with van der Waals surface area (Å²) in [5, 5.41) is 10.6. The Bertz CT molecular complexity index is 1020. The van der Waals surface area contributed by atoms with Gasteiger partial charge in [-0.1, -0.05) is 37.6 Å². The van der Waals surface area contributed by atoms with Crippen LogP contribution in [-0.4, -0.2) is 72.9 Å². The van der Waals surface area contributed by atoms with Crippen molar-refractivity contribution in [1.82, 2.24) is 0 Å². The van der Waals surface area contributed by atoms with Crippen LogP contribution in [-0.2, 0) is 38.1 Å². The smallest absolute Gasteiger partial charge is 0.335 e. The number of esters is 3. The molecule has 0 amide bonds. The van der Waals surface area contributed by atoms with E-state index in [9.17, 15) is 19.5 Å². The summed E-state index contributed by atoms with van der Waals surface area (Å²) in [7, 11) is 0. The third-order valence-electron chi connectivity index (χ3n) is 9.12. The van der Waals surface area contributed by atoms with E-state index in [-0.39, 0.29) is 31.8 Å². The number of hydrogen-bond acceptors (Lipinski definition) is 9. The molecule has 0 aromatic heterocycles. The lowest BCUT2D eigenvalue weighted by atomic mass is 9.51. The number of carbonyl (C=O) groups is 3. The topological polar surface area (TPSA) is 121 Å². The van der Waals surface area contributed by atoms with E-state index in [2.05, 4.69) is 19.9 Å². The molecule has 2 aliphatic carbocycles. The number of rotatable bonds is 0. The van der Waals surface area contributed by atoms with Crippen LogP contribution >= 0.6 is 0 Å². The number of carbonyl (C=O) groups excluding carboxylic acids is 3. The van der Waals surface area contributed by atoms with E-state index in [1.54, 1.807) is 6.92 Å². The molecule has 1 saturated carbocycles. The van der Waals surface area contributed by atoms with Crippen LogP contribution in [0.2, 0.25) is 0 Å². The van der Waals surface area contributed by atoms with Gasteiger partial charge in [0.2, 0.25) is 0 Å². The summed E-state index contributed by atoms with van der Waals surface area (Å²) in [6.07, 6.45) is 7.11. The van der Waals surface area contributed by atoms with Gasteiger partial charge in [-0.05, 0) is 32.1 Å². The summed E-state index contributed by atoms with van der Waals surface area (Å²) in [5.41, 5.74) is -0.820. The molecule has 3 fully saturated rings. The Morgan fingerprint density at radius 1 is 1.03 bits per heavy atom. The minimum atomic E-state index is -1.37. The molecule has 2 spiro atoms. The van der Waals surface area contributed by atoms with Gasteiger partial charge in [-0.2, -0.15) is 0 Å². The molecule has 3 aliphatic heterocycles. The third-order valence-corrected chi connectivity index (χ3v) is 9.12. The van der Waals surface area contributed by atoms with Crippen LogP contribution in [0.3, 0.4) is 0 Å². The van der Waals surface area contributed by atoms with E-state index in [1.807, 2.05) is 0 Å². The van der Waals surface area contributed by atoms with Crippen molar-refractivity contribution in [3.8, 4) is 0 Å². The summed E-state index contributed by atoms with van der Waals surface area (Å²) >= 11 is 0. The average Bonchev–Trinajstić information content (AvgIpc) is 3.62. The van der Waals surface area contributed by atoms with Crippen molar-refractivity contribution in [2.75, 3.05) is 19.8 Å². The first-order chi connectivity index (χ1) is 17.1. The molecule has 0 unspecified atom stereocenters. The predicted octanol–water partition coefficient (Wildman–Crippen LogP) is 2.17. The summed E-state index contributed by atoms with van der Waals surface area (Å²) in [6.45, 7) is 6.34. The van der Waals surface area contributed by atoms with Gasteiger partial charge in [-0.25, -0.2) is 14.4 Å². The van der Waals surface area contributed by atoms with Crippen molar-refractivity contribution in [2.24, 2.45) is 16.7 Å². The highest BCUT2D eigenvalue weighted by Crippen LogP contribution is 2.72. The molecular formula is C27H34O9. The van der Waals surface area contributed by atoms with E-state index in [0.29, 0.717) is 19.4 Å². The molecule has 196 valence electrons. The van der Waals surface area contributed by atoms with Crippen LogP contribution < -0.4 is 0 Å². The Morgan fingerprint density at radius 3 is 2.47 bits per heavy atom. The summed E-state index contributed by atoms with van der Waals surface area (Å²) in [4.78, 5) is 37.6. The molecule has 0 aromatic rings. The lowest BCUT2D eigenvalue weighted by molar-refractivity contribution is -0.234. The van der Waals surface area contributed by atoms with Crippen LogP contribution in [0.5, 0.6) is 0 Å². The van der Waals surface area contributed by atoms with Gasteiger partial charge in [0.05, 0.1) is 30.8 Å². The standard InChI is InChI=1S/C27H34O9/c1-16-8-10-26-14-33-24(31)23(30)17(2)9-11-32-21(28)6-4-5-7-22(29)36-18-13-20(35-19(26)12-16)27(15-34-27)25(18,26)3/h4-7,12,17-20,23,30H,8-11,13-15H2,1-3H3/b6-4+,7-5+/t17-,18-,19-,20-,23+,25-,26-,27+/m1/s1. The SMILES string of the molecule is CC1=C[C@H]2O[C@@H]3C[C@H]4OC(=O)/C=C/C=C/C(=O)OCC[C@@H](C)[C@H](O)C(=O)OC[C@@]2(CC1)[C@]4(C)[C@]31CO1. The Hall–Kier alpha value is -2.49. The molecule has 8 atom stereocenters. The van der Waals surface area contributed by atoms with Gasteiger partial charge >= 0.3 is 17.9 Å². The van der Waals surface area contributed by atoms with Crippen LogP contribution in [0.1, 0.15) is 46.5 Å². The van der Waals surface area contributed by atoms with Gasteiger partial charge in [0, 0.05) is 24.0 Å². The van der Waals surface area contributed by atoms with Gasteiger partial charge in [-0.15, -0.1) is 0 Å². The highest BCUT2D eigenvalue weighted by molar-refractivity contribution is 5.84. The highest BCUT2D eigenvalue weighted by Gasteiger charge is 2.83. The van der Waals surface area contributed by atoms with Crippen molar-refractivity contribution in [3.05, 3.63) is 36.0 Å². The molecule has 3 heterocycles. The second kappa shape index (κ2) is 9.11. The fourth-order valence-electron chi connectivity index (χ4n) is 6.65. The fraction of sp³-hybridized carbons (Fsp3) is 0.667. The molecule has 36 heavy (non-hydrogen) atoms. The molecule has 9 nitrogen and oxygen atoms in total. The second-order valence-corrected chi connectivity index (χ2v) is 11.0. The summed E-state index contributed by atoms with van der Waals surface area (Å²) in [5.74, 6) is -2.34. The summed E-state index contributed by atoms with van der Waals surface area (Å²) < 4.78 is 29.6. The Balaban J connectivity index is 1.52. The van der Waals surface area contributed by atoms with Crippen molar-refractivity contribution in [2.45, 2.75) is 76.5 Å². The van der Waals surface area contributed by atoms with Crippen molar-refractivity contribution >= 4 is 17.9 Å². The number of cyclic esters (lactones) is 2. The minimum Gasteiger partial charge on any atom is -0.463 e. The van der Waals surface area contributed by atoms with Gasteiger partial charge in [0.1, 0.15) is 18.3 Å². The number of aliphatic hydroxyl groups is 1. The first kappa shape index (κ1) is 25.2. The second-order valence-electron chi connectivity index (χ2n) is 11.0. The lowest BCUT2D eigenvalue weighted by Crippen LogP contribution is -2.66. The monoisotopic (exact) mass is 502 g/mol. The normalized spacial score (nSPS) is 46.8. The zero-order valence-electron chi connectivity index (χ0n) is 20.9. The van der Waals surface area contributed by atoms with E-state index >= 15 is 0 Å². The van der Waals surface area contributed by atoms with E-state index in [4.69, 9.17) is 23.7 Å². The molecule has 9 heteroatoms. The van der Waals surface area contributed by atoms with E-state index in [1.165, 1.54) is 29.9 Å². The van der Waals surface area contributed by atoms with Crippen LogP contribution in [0, 0.1) is 16.7 Å². The maximum absolute atomic E-state index is 12.9. The minimum absolute atomic E-state index is 0.00000344. The molecule has 5 rings (SSSR count). The van der Waals surface area contributed by atoms with E-state index < -0.39 is 52.5 Å². The zero-order valence-corrected chi connectivity index (χ0v) is 20.9. The first-order valence-electron chi connectivity index (χ1n) is 12.7.